The van der Waals surface area contributed by atoms with Gasteiger partial charge >= 0.3 is 0 Å². The maximum atomic E-state index is 2.42. The number of hydrogen-bond acceptors (Lipinski definition) is 0. The summed E-state index contributed by atoms with van der Waals surface area (Å²) in [6.07, 6.45) is 39.2. The minimum Gasteiger partial charge on any atom is -0.0651 e. The number of hydrogen-bond donors (Lipinski definition) is 0. The third kappa shape index (κ3) is 51.1. The van der Waals surface area contributed by atoms with Crippen LogP contribution in [0.5, 0.6) is 0 Å². The molecular weight excluding hydrogens is 1190 g/mol. The highest BCUT2D eigenvalue weighted by atomic mass is 14.5. The first-order chi connectivity index (χ1) is 43.8. The average Bonchev–Trinajstić information content (AvgIpc) is 0.920. The van der Waals surface area contributed by atoms with E-state index in [0.29, 0.717) is 75.8 Å². The smallest absolute Gasteiger partial charge is 0.0257 e. The molecule has 99 heavy (non-hydrogen) atoms. The largest absolute Gasteiger partial charge is 0.0651 e. The lowest BCUT2D eigenvalue weighted by Crippen LogP contribution is -2.41. The second kappa shape index (κ2) is 46.4. The second-order valence-corrected chi connectivity index (χ2v) is 48.0. The van der Waals surface area contributed by atoms with Crippen LogP contribution in [0, 0.1) is 135 Å². The van der Waals surface area contributed by atoms with E-state index in [0.717, 1.165) is 59.2 Å². The molecule has 0 bridgehead atoms. The van der Waals surface area contributed by atoms with Gasteiger partial charge in [0.05, 0.1) is 0 Å². The fourth-order valence-electron chi connectivity index (χ4n) is 15.6. The van der Waals surface area contributed by atoms with Crippen molar-refractivity contribution in [1.29, 1.82) is 0 Å². The first kappa shape index (κ1) is 108. The van der Waals surface area contributed by atoms with Gasteiger partial charge in [-0.3, -0.25) is 0 Å². The van der Waals surface area contributed by atoms with Crippen molar-refractivity contribution >= 4 is 0 Å². The Morgan fingerprint density at radius 3 is 0.768 bits per heavy atom. The average molecular weight is 1400 g/mol. The van der Waals surface area contributed by atoms with E-state index in [9.17, 15) is 0 Å². The van der Waals surface area contributed by atoms with Crippen molar-refractivity contribution < 1.29 is 0 Å². The molecule has 0 atom stereocenters. The van der Waals surface area contributed by atoms with Crippen molar-refractivity contribution in [3.05, 3.63) is 0 Å². The molecule has 0 aliphatic heterocycles. The molecular formula is C99H208. The van der Waals surface area contributed by atoms with E-state index in [2.05, 4.69) is 332 Å². The van der Waals surface area contributed by atoms with E-state index in [1.165, 1.54) is 173 Å². The molecule has 604 valence electrons. The molecule has 0 aromatic carbocycles. The van der Waals surface area contributed by atoms with Crippen molar-refractivity contribution in [2.24, 2.45) is 135 Å². The maximum Gasteiger partial charge on any atom is -0.0257 e. The fourth-order valence-corrected chi connectivity index (χ4v) is 15.6. The molecule has 0 aromatic heterocycles. The highest BCUT2D eigenvalue weighted by molar-refractivity contribution is 4.93. The molecule has 0 N–H and O–H groups in total. The molecule has 0 nitrogen and oxygen atoms in total. The monoisotopic (exact) mass is 1400 g/mol. The lowest BCUT2D eigenvalue weighted by Gasteiger charge is -2.49. The van der Waals surface area contributed by atoms with E-state index in [-0.39, 0.29) is 0 Å². The summed E-state index contributed by atoms with van der Waals surface area (Å²) in [7, 11) is 0. The van der Waals surface area contributed by atoms with Crippen molar-refractivity contribution in [2.45, 2.75) is 506 Å². The van der Waals surface area contributed by atoms with E-state index in [1.54, 1.807) is 0 Å². The lowest BCUT2D eigenvalue weighted by atomic mass is 9.56. The van der Waals surface area contributed by atoms with Crippen LogP contribution in [0.15, 0.2) is 0 Å². The SMILES string of the molecule is CC(C(C)(C)C)C(C)(C)C.CC(C)(C)C(C)(C)C.CC(C)(C)C(C)(C)C(C)(C)C.CC(C)C(C)C(C)C.CC1(C)CCCCC1.CC1C(C)(C)CCCC1(C)C.CC1CC(C)(C)CC(C)(C)C1.CC1CCC(C)(C)CC1.CCC(C)(C)C(C)C.CCC1CCCC1.CCC1CCCCC1. The van der Waals surface area contributed by atoms with Gasteiger partial charge in [0.2, 0.25) is 0 Å². The van der Waals surface area contributed by atoms with E-state index in [4.69, 9.17) is 0 Å². The minimum absolute atomic E-state index is 0.375. The molecule has 6 fully saturated rings. The molecule has 6 aliphatic carbocycles. The van der Waals surface area contributed by atoms with Gasteiger partial charge in [0.25, 0.3) is 0 Å². The molecule has 6 rings (SSSR count). The van der Waals surface area contributed by atoms with Gasteiger partial charge in [0, 0.05) is 0 Å². The Morgan fingerprint density at radius 2 is 0.616 bits per heavy atom. The summed E-state index contributed by atoms with van der Waals surface area (Å²) >= 11 is 0. The molecule has 0 spiro atoms. The van der Waals surface area contributed by atoms with Gasteiger partial charge in [-0.15, -0.1) is 0 Å². The fraction of sp³-hybridized carbons (Fsp3) is 1.00. The highest BCUT2D eigenvalue weighted by Crippen LogP contribution is 2.52. The molecule has 0 heterocycles. The first-order valence-corrected chi connectivity index (χ1v) is 43.8. The zero-order valence-corrected chi connectivity index (χ0v) is 79.9. The van der Waals surface area contributed by atoms with Gasteiger partial charge in [0.15, 0.2) is 0 Å². The van der Waals surface area contributed by atoms with Crippen LogP contribution in [0.3, 0.4) is 0 Å². The van der Waals surface area contributed by atoms with Crippen LogP contribution >= 0.6 is 0 Å². The highest BCUT2D eigenvalue weighted by Gasteiger charge is 2.43. The zero-order chi connectivity index (χ0) is 79.9. The van der Waals surface area contributed by atoms with Gasteiger partial charge in [-0.2, -0.15) is 0 Å². The van der Waals surface area contributed by atoms with Crippen LogP contribution in [0.4, 0.5) is 0 Å². The van der Waals surface area contributed by atoms with Crippen molar-refractivity contribution in [1.82, 2.24) is 0 Å². The van der Waals surface area contributed by atoms with Crippen molar-refractivity contribution in [2.75, 3.05) is 0 Å². The molecule has 0 amide bonds. The lowest BCUT2D eigenvalue weighted by molar-refractivity contribution is 0.00574. The van der Waals surface area contributed by atoms with Crippen molar-refractivity contribution in [3.63, 3.8) is 0 Å². The summed E-state index contributed by atoms with van der Waals surface area (Å²) in [5.41, 5.74) is 7.09. The summed E-state index contributed by atoms with van der Waals surface area (Å²) in [5.74, 6) is 9.10. The quantitative estimate of drug-likeness (QED) is 0.249. The van der Waals surface area contributed by atoms with E-state index in [1.807, 2.05) is 0 Å². The van der Waals surface area contributed by atoms with Crippen LogP contribution in [0.2, 0.25) is 0 Å². The Morgan fingerprint density at radius 1 is 0.323 bits per heavy atom. The van der Waals surface area contributed by atoms with Crippen LogP contribution in [-0.4, -0.2) is 0 Å². The minimum atomic E-state index is 0.375. The van der Waals surface area contributed by atoms with Gasteiger partial charge in [0.1, 0.15) is 0 Å². The third-order valence-corrected chi connectivity index (χ3v) is 29.1. The summed E-state index contributed by atoms with van der Waals surface area (Å²) in [5, 5.41) is 0. The Kier molecular flexibility index (Phi) is 50.4. The normalized spacial score (nSPS) is 21.4. The molecule has 0 aromatic rings. The summed E-state index contributed by atoms with van der Waals surface area (Å²) in [6.45, 7) is 112. The topological polar surface area (TPSA) is 0 Å². The Hall–Kier alpha value is 0. The summed E-state index contributed by atoms with van der Waals surface area (Å²) in [6, 6.07) is 0. The zero-order valence-electron chi connectivity index (χ0n) is 79.9. The molecule has 0 saturated heterocycles. The molecule has 0 unspecified atom stereocenters. The van der Waals surface area contributed by atoms with E-state index < -0.39 is 0 Å². The number of rotatable bonds is 6. The first-order valence-electron chi connectivity index (χ1n) is 43.8. The Balaban J connectivity index is -0.000000328. The van der Waals surface area contributed by atoms with Gasteiger partial charge in [-0.05, 0) is 193 Å². The second-order valence-electron chi connectivity index (χ2n) is 48.0. The molecule has 6 saturated carbocycles. The molecule has 6 aliphatic rings. The summed E-state index contributed by atoms with van der Waals surface area (Å²) in [4.78, 5) is 0. The van der Waals surface area contributed by atoms with Crippen LogP contribution in [0.25, 0.3) is 0 Å². The predicted molar refractivity (Wildman–Crippen MR) is 466 cm³/mol. The van der Waals surface area contributed by atoms with Gasteiger partial charge in [-0.1, -0.05) is 448 Å². The van der Waals surface area contributed by atoms with E-state index >= 15 is 0 Å². The maximum absolute atomic E-state index is 2.42. The van der Waals surface area contributed by atoms with Gasteiger partial charge < -0.3 is 0 Å². The van der Waals surface area contributed by atoms with Crippen LogP contribution in [0.1, 0.15) is 506 Å². The van der Waals surface area contributed by atoms with Crippen LogP contribution < -0.4 is 0 Å². The molecule has 0 radical (unpaired) electrons. The Bertz CT molecular complexity index is 1800. The standard InChI is InChI=1S/2C11H22.C11H24.C10H22.C9H18.2C8H16.3C8H18.C7H14/c1-9-6-10(2,3)8-11(4,5)7-9;1-9-10(2,3)7-6-8-11(9,4)5;1-9(2,3)11(7,8)10(4,5)6;1-8(9(2,3)4)10(5,6)7;1-8-4-6-9(2,3)7-5-8;1-8(2)6-4-3-5-7-8;1-2-8-6-4-3-5-7-8;1-7(2,3)8(4,5)6;1-6-8(4,5)7(2)3;1-6(2)8(5)7(3)4;1-2-7-5-3-4-6-7/h2*9H,6-8H2,1-5H3;1-8H3;8H,1-7H3;8H,4-7H2,1-3H3;3-7H2,1-2H3;8H,2-7H2,1H3;1-6H3;7H,6H2,1-5H3;6-8H,1-5H3;7H,2-6H2,1H3. The molecule has 0 heteroatoms. The predicted octanol–water partition coefficient (Wildman–Crippen LogP) is 36.4. The van der Waals surface area contributed by atoms with Crippen molar-refractivity contribution in [3.8, 4) is 0 Å². The van der Waals surface area contributed by atoms with Gasteiger partial charge in [-0.25, -0.2) is 0 Å². The Labute approximate surface area is 637 Å². The summed E-state index contributed by atoms with van der Waals surface area (Å²) < 4.78 is 0. The third-order valence-electron chi connectivity index (χ3n) is 29.1. The van der Waals surface area contributed by atoms with Crippen LogP contribution in [-0.2, 0) is 0 Å².